The predicted molar refractivity (Wildman–Crippen MR) is 59.5 cm³/mol. The number of nitrogens with one attached hydrogen (secondary N) is 1. The second-order valence-electron chi connectivity index (χ2n) is 4.71. The number of carbonyl (C=O) groups is 1. The number of piperidine rings is 1. The minimum atomic E-state index is -0.746. The average molecular weight is 239 g/mol. The Balaban J connectivity index is 1.98. The molecule has 0 unspecified atom stereocenters. The number of carboxylic acid groups (broad SMARTS) is 1. The highest BCUT2D eigenvalue weighted by atomic mass is 16.4. The maximum absolute atomic E-state index is 10.8. The summed E-state index contributed by atoms with van der Waals surface area (Å²) in [6.45, 7) is 4.44. The van der Waals surface area contributed by atoms with Gasteiger partial charge in [-0.1, -0.05) is 13.8 Å². The number of aromatic nitrogens is 2. The molecule has 1 aromatic heterocycles. The van der Waals surface area contributed by atoms with Crippen molar-refractivity contribution in [1.82, 2.24) is 15.5 Å². The zero-order valence-corrected chi connectivity index (χ0v) is 10.0. The van der Waals surface area contributed by atoms with E-state index in [0.29, 0.717) is 24.7 Å². The normalized spacial score (nSPS) is 25.1. The number of nitrogens with zero attached hydrogens (tertiary/aromatic N) is 2. The largest absolute Gasteiger partial charge is 0.481 e. The first-order valence-electron chi connectivity index (χ1n) is 5.87. The molecule has 1 saturated heterocycles. The molecule has 0 saturated carbocycles. The number of carboxylic acids is 1. The van der Waals surface area contributed by atoms with Crippen molar-refractivity contribution in [3.8, 4) is 0 Å². The van der Waals surface area contributed by atoms with Crippen LogP contribution in [0.3, 0.4) is 0 Å². The predicted octanol–water partition coefficient (Wildman–Crippen LogP) is 1.32. The zero-order chi connectivity index (χ0) is 12.4. The lowest BCUT2D eigenvalue weighted by Crippen LogP contribution is -2.36. The van der Waals surface area contributed by atoms with Crippen LogP contribution in [-0.2, 0) is 4.79 Å². The van der Waals surface area contributed by atoms with Crippen LogP contribution >= 0.6 is 0 Å². The van der Waals surface area contributed by atoms with E-state index in [1.165, 1.54) is 0 Å². The van der Waals surface area contributed by atoms with Crippen LogP contribution in [0.2, 0.25) is 0 Å². The molecule has 6 heteroatoms. The van der Waals surface area contributed by atoms with Gasteiger partial charge in [-0.2, -0.15) is 0 Å². The zero-order valence-electron chi connectivity index (χ0n) is 10.0. The fourth-order valence-electron chi connectivity index (χ4n) is 1.90. The maximum Gasteiger partial charge on any atom is 0.307 e. The molecule has 1 aliphatic rings. The van der Waals surface area contributed by atoms with Gasteiger partial charge in [0.25, 0.3) is 0 Å². The van der Waals surface area contributed by atoms with Gasteiger partial charge >= 0.3 is 5.97 Å². The molecule has 1 fully saturated rings. The van der Waals surface area contributed by atoms with Crippen LogP contribution in [0.1, 0.15) is 50.4 Å². The van der Waals surface area contributed by atoms with Crippen LogP contribution < -0.4 is 5.32 Å². The number of aliphatic carboxylic acids is 1. The first-order valence-corrected chi connectivity index (χ1v) is 5.87. The lowest BCUT2D eigenvalue weighted by molar-refractivity contribution is -0.142. The van der Waals surface area contributed by atoms with E-state index in [4.69, 9.17) is 9.52 Å². The third-order valence-corrected chi connectivity index (χ3v) is 3.01. The Labute approximate surface area is 99.4 Å². The highest BCUT2D eigenvalue weighted by Gasteiger charge is 2.29. The highest BCUT2D eigenvalue weighted by Crippen LogP contribution is 2.26. The number of hydrogen-bond donors (Lipinski definition) is 2. The smallest absolute Gasteiger partial charge is 0.307 e. The fourth-order valence-corrected chi connectivity index (χ4v) is 1.90. The topological polar surface area (TPSA) is 88.2 Å². The van der Waals surface area contributed by atoms with Gasteiger partial charge < -0.3 is 14.8 Å². The summed E-state index contributed by atoms with van der Waals surface area (Å²) in [5.74, 6) is 0.356. The Kier molecular flexibility index (Phi) is 3.42. The molecule has 1 aromatic rings. The Bertz CT molecular complexity index is 394. The number of hydrogen-bond acceptors (Lipinski definition) is 5. The molecule has 2 N–H and O–H groups in total. The minimum Gasteiger partial charge on any atom is -0.481 e. The van der Waals surface area contributed by atoms with Crippen molar-refractivity contribution in [2.24, 2.45) is 5.92 Å². The Hall–Kier alpha value is -1.43. The van der Waals surface area contributed by atoms with Crippen molar-refractivity contribution in [1.29, 1.82) is 0 Å². The summed E-state index contributed by atoms with van der Waals surface area (Å²) >= 11 is 0. The summed E-state index contributed by atoms with van der Waals surface area (Å²) in [6.07, 6.45) is 1.36. The molecule has 0 bridgehead atoms. The quantitative estimate of drug-likeness (QED) is 0.827. The van der Waals surface area contributed by atoms with Gasteiger partial charge in [0.2, 0.25) is 11.8 Å². The summed E-state index contributed by atoms with van der Waals surface area (Å²) in [5, 5.41) is 20.0. The molecular weight excluding hydrogens is 222 g/mol. The van der Waals surface area contributed by atoms with Crippen molar-refractivity contribution in [2.45, 2.75) is 38.6 Å². The molecule has 0 aromatic carbocycles. The van der Waals surface area contributed by atoms with Crippen LogP contribution in [0.25, 0.3) is 0 Å². The van der Waals surface area contributed by atoms with Gasteiger partial charge in [0.05, 0.1) is 12.0 Å². The fraction of sp³-hybridized carbons (Fsp3) is 0.727. The van der Waals surface area contributed by atoms with Crippen LogP contribution in [-0.4, -0.2) is 27.8 Å². The van der Waals surface area contributed by atoms with Crippen LogP contribution in [0, 0.1) is 5.92 Å². The Morgan fingerprint density at radius 2 is 2.24 bits per heavy atom. The van der Waals surface area contributed by atoms with Crippen LogP contribution in [0.4, 0.5) is 0 Å². The maximum atomic E-state index is 10.8. The molecule has 17 heavy (non-hydrogen) atoms. The van der Waals surface area contributed by atoms with E-state index in [2.05, 4.69) is 15.5 Å². The second kappa shape index (κ2) is 4.83. The molecule has 2 atom stereocenters. The average Bonchev–Trinajstić information content (AvgIpc) is 2.78. The van der Waals surface area contributed by atoms with E-state index in [-0.39, 0.29) is 17.9 Å². The SMILES string of the molecule is CC(C)c1nnc([C@@H]2CC[C@@H](C(=O)O)CN2)o1. The van der Waals surface area contributed by atoms with Gasteiger partial charge in [0.15, 0.2) is 0 Å². The van der Waals surface area contributed by atoms with E-state index in [0.717, 1.165) is 6.42 Å². The van der Waals surface area contributed by atoms with E-state index < -0.39 is 5.97 Å². The van der Waals surface area contributed by atoms with Crippen molar-refractivity contribution in [2.75, 3.05) is 6.54 Å². The molecule has 2 heterocycles. The summed E-state index contributed by atoms with van der Waals surface area (Å²) in [6, 6.07) is -0.00870. The Morgan fingerprint density at radius 3 is 2.71 bits per heavy atom. The molecule has 94 valence electrons. The second-order valence-corrected chi connectivity index (χ2v) is 4.71. The van der Waals surface area contributed by atoms with E-state index in [1.807, 2.05) is 13.8 Å². The minimum absolute atomic E-state index is 0.00870. The third kappa shape index (κ3) is 2.63. The van der Waals surface area contributed by atoms with Crippen molar-refractivity contribution in [3.05, 3.63) is 11.8 Å². The standard InChI is InChI=1S/C11H17N3O3/c1-6(2)9-13-14-10(17-9)8-4-3-7(5-12-8)11(15)16/h6-8,12H,3-5H2,1-2H3,(H,15,16)/t7-,8+/m1/s1. The van der Waals surface area contributed by atoms with E-state index in [1.54, 1.807) is 0 Å². The molecule has 0 radical (unpaired) electrons. The first-order chi connectivity index (χ1) is 8.08. The van der Waals surface area contributed by atoms with Gasteiger partial charge in [-0.05, 0) is 12.8 Å². The van der Waals surface area contributed by atoms with Crippen molar-refractivity contribution < 1.29 is 14.3 Å². The van der Waals surface area contributed by atoms with Gasteiger partial charge in [0.1, 0.15) is 0 Å². The highest BCUT2D eigenvalue weighted by molar-refractivity contribution is 5.70. The third-order valence-electron chi connectivity index (χ3n) is 3.01. The van der Waals surface area contributed by atoms with Gasteiger partial charge in [-0.15, -0.1) is 10.2 Å². The Morgan fingerprint density at radius 1 is 1.47 bits per heavy atom. The molecule has 0 spiro atoms. The molecule has 0 aliphatic carbocycles. The number of rotatable bonds is 3. The lowest BCUT2D eigenvalue weighted by atomic mass is 9.95. The van der Waals surface area contributed by atoms with E-state index in [9.17, 15) is 4.79 Å². The van der Waals surface area contributed by atoms with Crippen LogP contribution in [0.15, 0.2) is 4.42 Å². The van der Waals surface area contributed by atoms with E-state index >= 15 is 0 Å². The van der Waals surface area contributed by atoms with Crippen molar-refractivity contribution >= 4 is 5.97 Å². The summed E-state index contributed by atoms with van der Waals surface area (Å²) in [4.78, 5) is 10.8. The van der Waals surface area contributed by atoms with Gasteiger partial charge in [-0.25, -0.2) is 0 Å². The first kappa shape index (κ1) is 12.0. The summed E-state index contributed by atoms with van der Waals surface area (Å²) in [5.41, 5.74) is 0. The molecule has 1 aliphatic heterocycles. The monoisotopic (exact) mass is 239 g/mol. The molecule has 0 amide bonds. The molecular formula is C11H17N3O3. The summed E-state index contributed by atoms with van der Waals surface area (Å²) in [7, 11) is 0. The van der Waals surface area contributed by atoms with Crippen molar-refractivity contribution in [3.63, 3.8) is 0 Å². The molecule has 2 rings (SSSR count). The van der Waals surface area contributed by atoms with Gasteiger partial charge in [-0.3, -0.25) is 4.79 Å². The van der Waals surface area contributed by atoms with Gasteiger partial charge in [0, 0.05) is 12.5 Å². The lowest BCUT2D eigenvalue weighted by Gasteiger charge is -2.25. The van der Waals surface area contributed by atoms with Crippen LogP contribution in [0.5, 0.6) is 0 Å². The molecule has 6 nitrogen and oxygen atoms in total. The summed E-state index contributed by atoms with van der Waals surface area (Å²) < 4.78 is 5.55.